The fourth-order valence-electron chi connectivity index (χ4n) is 1.59. The average molecular weight is 226 g/mol. The lowest BCUT2D eigenvalue weighted by atomic mass is 10.2. The summed E-state index contributed by atoms with van der Waals surface area (Å²) >= 11 is 5.64. The van der Waals surface area contributed by atoms with Crippen molar-refractivity contribution in [3.05, 3.63) is 23.5 Å². The number of nitrogens with zero attached hydrogens (tertiary/aromatic N) is 1. The molecule has 1 aliphatic rings. The van der Waals surface area contributed by atoms with Gasteiger partial charge in [0.05, 0.1) is 17.9 Å². The Morgan fingerprint density at radius 1 is 1.60 bits per heavy atom. The quantitative estimate of drug-likeness (QED) is 0.749. The third-order valence-electron chi connectivity index (χ3n) is 2.37. The zero-order valence-corrected chi connectivity index (χ0v) is 8.92. The number of carbonyl (C=O) groups excluding carboxylic acids is 1. The Hall–Kier alpha value is -1.13. The largest absolute Gasteiger partial charge is 0.323 e. The van der Waals surface area contributed by atoms with Gasteiger partial charge in [-0.15, -0.1) is 0 Å². The summed E-state index contributed by atoms with van der Waals surface area (Å²) in [7, 11) is 0. The van der Waals surface area contributed by atoms with Crippen molar-refractivity contribution in [1.82, 2.24) is 10.3 Å². The molecule has 0 aliphatic carbocycles. The summed E-state index contributed by atoms with van der Waals surface area (Å²) in [4.78, 5) is 15.6. The first-order valence-corrected chi connectivity index (χ1v) is 5.29. The highest BCUT2D eigenvalue weighted by Gasteiger charge is 2.21. The number of nitrogens with one attached hydrogen (secondary N) is 2. The van der Waals surface area contributed by atoms with Crippen LogP contribution in [0.2, 0.25) is 5.15 Å². The molecule has 1 fully saturated rings. The van der Waals surface area contributed by atoms with Gasteiger partial charge in [-0.1, -0.05) is 11.6 Å². The third-order valence-corrected chi connectivity index (χ3v) is 2.60. The SMILES string of the molecule is O=C(Nc1ccc(Cl)nc1)[C@@H]1CCCN1. The molecule has 2 heterocycles. The molecule has 0 aromatic carbocycles. The summed E-state index contributed by atoms with van der Waals surface area (Å²) in [6.45, 7) is 0.914. The molecule has 1 amide bonds. The number of aromatic nitrogens is 1. The normalized spacial score (nSPS) is 20.2. The molecule has 15 heavy (non-hydrogen) atoms. The van der Waals surface area contributed by atoms with E-state index >= 15 is 0 Å². The highest BCUT2D eigenvalue weighted by Crippen LogP contribution is 2.12. The number of hydrogen-bond acceptors (Lipinski definition) is 3. The molecule has 1 aliphatic heterocycles. The summed E-state index contributed by atoms with van der Waals surface area (Å²) in [5, 5.41) is 6.34. The van der Waals surface area contributed by atoms with Crippen molar-refractivity contribution >= 4 is 23.2 Å². The third kappa shape index (κ3) is 2.67. The van der Waals surface area contributed by atoms with Crippen molar-refractivity contribution in [1.29, 1.82) is 0 Å². The highest BCUT2D eigenvalue weighted by atomic mass is 35.5. The fourth-order valence-corrected chi connectivity index (χ4v) is 1.70. The monoisotopic (exact) mass is 225 g/mol. The molecule has 1 saturated heterocycles. The van der Waals surface area contributed by atoms with Crippen molar-refractivity contribution in [3.63, 3.8) is 0 Å². The maximum Gasteiger partial charge on any atom is 0.241 e. The second-order valence-electron chi connectivity index (χ2n) is 3.51. The van der Waals surface area contributed by atoms with Gasteiger partial charge in [0.2, 0.25) is 5.91 Å². The molecule has 1 aromatic heterocycles. The van der Waals surface area contributed by atoms with E-state index in [-0.39, 0.29) is 11.9 Å². The smallest absolute Gasteiger partial charge is 0.241 e. The van der Waals surface area contributed by atoms with Crippen LogP contribution in [0.25, 0.3) is 0 Å². The summed E-state index contributed by atoms with van der Waals surface area (Å²) in [5.41, 5.74) is 0.679. The Balaban J connectivity index is 1.96. The number of halogens is 1. The number of anilines is 1. The minimum Gasteiger partial charge on any atom is -0.323 e. The van der Waals surface area contributed by atoms with Gasteiger partial charge in [0.15, 0.2) is 0 Å². The summed E-state index contributed by atoms with van der Waals surface area (Å²) < 4.78 is 0. The van der Waals surface area contributed by atoms with Crippen LogP contribution in [0.5, 0.6) is 0 Å². The first kappa shape index (κ1) is 10.4. The highest BCUT2D eigenvalue weighted by molar-refractivity contribution is 6.29. The zero-order chi connectivity index (χ0) is 10.7. The van der Waals surface area contributed by atoms with Gasteiger partial charge in [0, 0.05) is 0 Å². The van der Waals surface area contributed by atoms with Gasteiger partial charge in [-0.2, -0.15) is 0 Å². The number of pyridine rings is 1. The molecule has 5 heteroatoms. The van der Waals surface area contributed by atoms with Gasteiger partial charge in [0.25, 0.3) is 0 Å². The molecular formula is C10H12ClN3O. The van der Waals surface area contributed by atoms with Gasteiger partial charge < -0.3 is 10.6 Å². The van der Waals surface area contributed by atoms with Crippen molar-refractivity contribution in [3.8, 4) is 0 Å². The molecule has 0 spiro atoms. The van der Waals surface area contributed by atoms with Gasteiger partial charge in [-0.3, -0.25) is 4.79 Å². The lowest BCUT2D eigenvalue weighted by molar-refractivity contribution is -0.117. The second-order valence-corrected chi connectivity index (χ2v) is 3.90. The maximum absolute atomic E-state index is 11.7. The van der Waals surface area contributed by atoms with E-state index in [4.69, 9.17) is 11.6 Å². The molecule has 2 rings (SSSR count). The van der Waals surface area contributed by atoms with E-state index in [9.17, 15) is 4.79 Å². The molecule has 1 atom stereocenters. The Morgan fingerprint density at radius 3 is 3.07 bits per heavy atom. The second kappa shape index (κ2) is 4.59. The van der Waals surface area contributed by atoms with Crippen LogP contribution in [0.4, 0.5) is 5.69 Å². The molecule has 2 N–H and O–H groups in total. The molecule has 0 saturated carbocycles. The predicted octanol–water partition coefficient (Wildman–Crippen LogP) is 1.43. The van der Waals surface area contributed by atoms with Crippen LogP contribution in [0.1, 0.15) is 12.8 Å². The van der Waals surface area contributed by atoms with Crippen LogP contribution in [0.3, 0.4) is 0 Å². The molecule has 0 radical (unpaired) electrons. The van der Waals surface area contributed by atoms with Crippen molar-refractivity contribution in [2.24, 2.45) is 0 Å². The van der Waals surface area contributed by atoms with E-state index in [0.717, 1.165) is 19.4 Å². The molecule has 1 aromatic rings. The maximum atomic E-state index is 11.7. The number of rotatable bonds is 2. The molecular weight excluding hydrogens is 214 g/mol. The average Bonchev–Trinajstić information content (AvgIpc) is 2.74. The van der Waals surface area contributed by atoms with Crippen LogP contribution in [0.15, 0.2) is 18.3 Å². The standard InChI is InChI=1S/C10H12ClN3O/c11-9-4-3-7(6-13-9)14-10(15)8-2-1-5-12-8/h3-4,6,8,12H,1-2,5H2,(H,14,15)/t8-/m0/s1. The molecule has 0 unspecified atom stereocenters. The van der Waals surface area contributed by atoms with Crippen LogP contribution in [0, 0.1) is 0 Å². The van der Waals surface area contributed by atoms with Crippen LogP contribution < -0.4 is 10.6 Å². The van der Waals surface area contributed by atoms with E-state index in [1.807, 2.05) is 0 Å². The summed E-state index contributed by atoms with van der Waals surface area (Å²) in [6, 6.07) is 3.32. The first-order chi connectivity index (χ1) is 7.25. The number of carbonyl (C=O) groups is 1. The minimum atomic E-state index is -0.0688. The Labute approximate surface area is 93.0 Å². The van der Waals surface area contributed by atoms with E-state index in [1.165, 1.54) is 0 Å². The first-order valence-electron chi connectivity index (χ1n) is 4.91. The minimum absolute atomic E-state index is 0.00313. The molecule has 0 bridgehead atoms. The predicted molar refractivity (Wildman–Crippen MR) is 58.9 cm³/mol. The summed E-state index contributed by atoms with van der Waals surface area (Å²) in [5.74, 6) is -0.00313. The van der Waals surface area contributed by atoms with Crippen molar-refractivity contribution in [2.75, 3.05) is 11.9 Å². The number of hydrogen-bond donors (Lipinski definition) is 2. The Kier molecular flexibility index (Phi) is 3.18. The Bertz CT molecular complexity index is 346. The fraction of sp³-hybridized carbons (Fsp3) is 0.400. The topological polar surface area (TPSA) is 54.0 Å². The van der Waals surface area contributed by atoms with Gasteiger partial charge in [-0.05, 0) is 31.5 Å². The molecule has 80 valence electrons. The van der Waals surface area contributed by atoms with Crippen LogP contribution in [-0.2, 0) is 4.79 Å². The van der Waals surface area contributed by atoms with Gasteiger partial charge in [0.1, 0.15) is 5.15 Å². The Morgan fingerprint density at radius 2 is 2.47 bits per heavy atom. The molecule has 4 nitrogen and oxygen atoms in total. The van der Waals surface area contributed by atoms with Crippen LogP contribution in [-0.4, -0.2) is 23.5 Å². The lowest BCUT2D eigenvalue weighted by Gasteiger charge is -2.10. The van der Waals surface area contributed by atoms with E-state index < -0.39 is 0 Å². The van der Waals surface area contributed by atoms with E-state index in [2.05, 4.69) is 15.6 Å². The van der Waals surface area contributed by atoms with Gasteiger partial charge >= 0.3 is 0 Å². The number of amides is 1. The summed E-state index contributed by atoms with van der Waals surface area (Å²) in [6.07, 6.45) is 3.50. The van der Waals surface area contributed by atoms with Crippen molar-refractivity contribution < 1.29 is 4.79 Å². The lowest BCUT2D eigenvalue weighted by Crippen LogP contribution is -2.35. The van der Waals surface area contributed by atoms with Crippen molar-refractivity contribution in [2.45, 2.75) is 18.9 Å². The van der Waals surface area contributed by atoms with E-state index in [0.29, 0.717) is 10.8 Å². The van der Waals surface area contributed by atoms with E-state index in [1.54, 1.807) is 18.3 Å². The zero-order valence-electron chi connectivity index (χ0n) is 8.16. The van der Waals surface area contributed by atoms with Crippen LogP contribution >= 0.6 is 11.6 Å². The van der Waals surface area contributed by atoms with Gasteiger partial charge in [-0.25, -0.2) is 4.98 Å².